The highest BCUT2D eigenvalue weighted by atomic mass is 16.2. The smallest absolute Gasteiger partial charge is 0.261 e. The number of carbonyl (C=O) groups excluding carboxylic acids is 2. The molecule has 0 unspecified atom stereocenters. The van der Waals surface area contributed by atoms with E-state index in [0.29, 0.717) is 17.7 Å². The number of imide groups is 1. The first-order valence-corrected chi connectivity index (χ1v) is 12.4. The summed E-state index contributed by atoms with van der Waals surface area (Å²) >= 11 is 0. The predicted molar refractivity (Wildman–Crippen MR) is 134 cm³/mol. The van der Waals surface area contributed by atoms with E-state index in [1.807, 2.05) is 30.3 Å². The third-order valence-corrected chi connectivity index (χ3v) is 6.72. The lowest BCUT2D eigenvalue weighted by molar-refractivity contribution is 0.0606. The number of benzene rings is 2. The van der Waals surface area contributed by atoms with Gasteiger partial charge >= 0.3 is 0 Å². The van der Waals surface area contributed by atoms with Crippen molar-refractivity contribution in [2.24, 2.45) is 11.5 Å². The van der Waals surface area contributed by atoms with E-state index >= 15 is 0 Å². The van der Waals surface area contributed by atoms with Crippen LogP contribution in [0.4, 0.5) is 5.69 Å². The Morgan fingerprint density at radius 3 is 1.97 bits per heavy atom. The second-order valence-corrected chi connectivity index (χ2v) is 9.15. The zero-order chi connectivity index (χ0) is 23.2. The number of anilines is 1. The molecule has 0 atom stereocenters. The second-order valence-electron chi connectivity index (χ2n) is 9.15. The Labute approximate surface area is 196 Å². The maximum absolute atomic E-state index is 13.2. The molecular formula is C26H37N5O2. The van der Waals surface area contributed by atoms with Crippen molar-refractivity contribution in [2.45, 2.75) is 38.5 Å². The van der Waals surface area contributed by atoms with Crippen molar-refractivity contribution in [3.8, 4) is 0 Å². The van der Waals surface area contributed by atoms with Crippen LogP contribution < -0.4 is 16.4 Å². The summed E-state index contributed by atoms with van der Waals surface area (Å²) in [5, 5.41) is 1.83. The molecule has 2 heterocycles. The summed E-state index contributed by atoms with van der Waals surface area (Å²) in [5.74, 6) is -0.326. The first-order valence-electron chi connectivity index (χ1n) is 12.4. The van der Waals surface area contributed by atoms with Crippen molar-refractivity contribution in [3.63, 3.8) is 0 Å². The average Bonchev–Trinajstić information content (AvgIpc) is 3.67. The van der Waals surface area contributed by atoms with Gasteiger partial charge in [-0.25, -0.2) is 0 Å². The van der Waals surface area contributed by atoms with Gasteiger partial charge < -0.3 is 21.3 Å². The zero-order valence-electron chi connectivity index (χ0n) is 19.6. The molecule has 0 radical (unpaired) electrons. The average molecular weight is 452 g/mol. The SMILES string of the molecule is NCCCCN(CCCCN)CCCCN1C(=O)c2cccc3c(N4CC4)ccc(c23)C1=O. The van der Waals surface area contributed by atoms with Crippen molar-refractivity contribution in [1.82, 2.24) is 9.80 Å². The number of rotatable bonds is 14. The number of hydrogen-bond acceptors (Lipinski definition) is 6. The number of unbranched alkanes of at least 4 members (excludes halogenated alkanes) is 3. The Bertz CT molecular complexity index is 956. The number of nitrogens with zero attached hydrogens (tertiary/aromatic N) is 3. The fourth-order valence-corrected chi connectivity index (χ4v) is 4.80. The lowest BCUT2D eigenvalue weighted by Crippen LogP contribution is -2.41. The highest BCUT2D eigenvalue weighted by Crippen LogP contribution is 2.37. The lowest BCUT2D eigenvalue weighted by atomic mass is 9.93. The molecule has 4 rings (SSSR count). The minimum Gasteiger partial charge on any atom is -0.367 e. The standard InChI is InChI=1S/C26H37N5O2/c27-12-1-3-14-29(15-4-2-13-28)16-5-6-17-31-25(32)21-9-7-8-20-23(30-18-19-30)11-10-22(24(20)21)26(31)33/h7-11H,1-6,12-19,27-28H2. The van der Waals surface area contributed by atoms with Gasteiger partial charge in [0, 0.05) is 47.2 Å². The normalized spacial score (nSPS) is 15.2. The summed E-state index contributed by atoms with van der Waals surface area (Å²) in [4.78, 5) is 32.7. The van der Waals surface area contributed by atoms with Crippen LogP contribution in [0.5, 0.6) is 0 Å². The van der Waals surface area contributed by atoms with Gasteiger partial charge in [0.25, 0.3) is 11.8 Å². The van der Waals surface area contributed by atoms with Gasteiger partial charge in [0.15, 0.2) is 0 Å². The minimum absolute atomic E-state index is 0.163. The highest BCUT2D eigenvalue weighted by molar-refractivity contribution is 6.26. The molecule has 2 aromatic rings. The van der Waals surface area contributed by atoms with Gasteiger partial charge in [-0.3, -0.25) is 14.5 Å². The molecule has 0 aliphatic carbocycles. The molecule has 4 N–H and O–H groups in total. The summed E-state index contributed by atoms with van der Waals surface area (Å²) in [6.07, 6.45) is 6.03. The fraction of sp³-hybridized carbons (Fsp3) is 0.538. The van der Waals surface area contributed by atoms with Crippen LogP contribution in [0.1, 0.15) is 59.2 Å². The van der Waals surface area contributed by atoms with Crippen molar-refractivity contribution >= 4 is 28.3 Å². The molecule has 0 saturated carbocycles. The zero-order valence-corrected chi connectivity index (χ0v) is 19.6. The Balaban J connectivity index is 1.38. The van der Waals surface area contributed by atoms with Gasteiger partial charge in [-0.15, -0.1) is 0 Å². The van der Waals surface area contributed by atoms with Crippen molar-refractivity contribution in [1.29, 1.82) is 0 Å². The van der Waals surface area contributed by atoms with E-state index in [9.17, 15) is 9.59 Å². The quantitative estimate of drug-likeness (QED) is 0.261. The first-order chi connectivity index (χ1) is 16.2. The van der Waals surface area contributed by atoms with Crippen molar-refractivity contribution in [3.05, 3.63) is 41.5 Å². The molecule has 0 spiro atoms. The third-order valence-electron chi connectivity index (χ3n) is 6.72. The van der Waals surface area contributed by atoms with E-state index in [2.05, 4.69) is 9.80 Å². The summed E-state index contributed by atoms with van der Waals surface area (Å²) in [7, 11) is 0. The van der Waals surface area contributed by atoms with E-state index in [1.165, 1.54) is 4.90 Å². The molecule has 2 aliphatic rings. The van der Waals surface area contributed by atoms with Gasteiger partial charge in [0.2, 0.25) is 0 Å². The van der Waals surface area contributed by atoms with Crippen LogP contribution in [-0.2, 0) is 0 Å². The third kappa shape index (κ3) is 5.37. The van der Waals surface area contributed by atoms with Crippen LogP contribution in [0.15, 0.2) is 30.3 Å². The van der Waals surface area contributed by atoms with E-state index < -0.39 is 0 Å². The number of hydrogen-bond donors (Lipinski definition) is 2. The summed E-state index contributed by atoms with van der Waals surface area (Å²) < 4.78 is 0. The predicted octanol–water partition coefficient (Wildman–Crippen LogP) is 2.82. The summed E-state index contributed by atoms with van der Waals surface area (Å²) in [5.41, 5.74) is 13.7. The van der Waals surface area contributed by atoms with E-state index in [4.69, 9.17) is 11.5 Å². The molecule has 2 aromatic carbocycles. The maximum Gasteiger partial charge on any atom is 0.261 e. The van der Waals surface area contributed by atoms with E-state index in [1.54, 1.807) is 0 Å². The summed E-state index contributed by atoms with van der Waals surface area (Å²) in [6.45, 7) is 7.02. The van der Waals surface area contributed by atoms with Crippen LogP contribution in [0, 0.1) is 0 Å². The van der Waals surface area contributed by atoms with E-state index in [-0.39, 0.29) is 11.8 Å². The number of carbonyl (C=O) groups is 2. The maximum atomic E-state index is 13.2. The van der Waals surface area contributed by atoms with Crippen molar-refractivity contribution < 1.29 is 9.59 Å². The van der Waals surface area contributed by atoms with Gasteiger partial charge in [0.1, 0.15) is 0 Å². The van der Waals surface area contributed by atoms with Gasteiger partial charge in [-0.05, 0) is 89.4 Å². The fourth-order valence-electron chi connectivity index (χ4n) is 4.80. The van der Waals surface area contributed by atoms with Crippen molar-refractivity contribution in [2.75, 3.05) is 57.3 Å². The molecule has 2 amide bonds. The molecule has 0 bridgehead atoms. The molecular weight excluding hydrogens is 414 g/mol. The Morgan fingerprint density at radius 2 is 1.36 bits per heavy atom. The number of nitrogens with two attached hydrogens (primary N) is 2. The van der Waals surface area contributed by atoms with Crippen LogP contribution in [0.2, 0.25) is 0 Å². The van der Waals surface area contributed by atoms with Gasteiger partial charge in [-0.1, -0.05) is 12.1 Å². The lowest BCUT2D eigenvalue weighted by Gasteiger charge is -2.28. The van der Waals surface area contributed by atoms with E-state index in [0.717, 1.165) is 101 Å². The van der Waals surface area contributed by atoms with Crippen LogP contribution in [0.25, 0.3) is 10.8 Å². The van der Waals surface area contributed by atoms with Crippen LogP contribution in [-0.4, -0.2) is 74.0 Å². The molecule has 7 heteroatoms. The molecule has 33 heavy (non-hydrogen) atoms. The first kappa shape index (κ1) is 23.7. The second kappa shape index (κ2) is 11.1. The minimum atomic E-state index is -0.163. The van der Waals surface area contributed by atoms with Crippen LogP contribution in [0.3, 0.4) is 0 Å². The molecule has 7 nitrogen and oxygen atoms in total. The molecule has 2 aliphatic heterocycles. The monoisotopic (exact) mass is 451 g/mol. The van der Waals surface area contributed by atoms with Crippen LogP contribution >= 0.6 is 0 Å². The van der Waals surface area contributed by atoms with Gasteiger partial charge in [-0.2, -0.15) is 0 Å². The molecule has 1 fully saturated rings. The van der Waals surface area contributed by atoms with Gasteiger partial charge in [0.05, 0.1) is 0 Å². The molecule has 0 aromatic heterocycles. The topological polar surface area (TPSA) is 95.7 Å². The molecule has 1 saturated heterocycles. The summed E-state index contributed by atoms with van der Waals surface area (Å²) in [6, 6.07) is 9.74. The largest absolute Gasteiger partial charge is 0.367 e. The molecule has 178 valence electrons. The Hall–Kier alpha value is -2.48. The Morgan fingerprint density at radius 1 is 0.758 bits per heavy atom. The number of amides is 2. The highest BCUT2D eigenvalue weighted by Gasteiger charge is 2.34. The Kier molecular flexibility index (Phi) is 7.96.